The Labute approximate surface area is 84.3 Å². The van der Waals surface area contributed by atoms with Crippen molar-refractivity contribution < 1.29 is 4.74 Å². The number of nitrogens with one attached hydrogen (secondary N) is 1. The van der Waals surface area contributed by atoms with Crippen LogP contribution in [0.2, 0.25) is 0 Å². The lowest BCUT2D eigenvalue weighted by Gasteiger charge is -2.08. The molecule has 0 amide bonds. The summed E-state index contributed by atoms with van der Waals surface area (Å²) in [4.78, 5) is 0. The zero-order valence-corrected chi connectivity index (χ0v) is 8.25. The Balaban J connectivity index is 1.78. The fourth-order valence-corrected chi connectivity index (χ4v) is 1.96. The zero-order chi connectivity index (χ0) is 9.38. The van der Waals surface area contributed by atoms with Gasteiger partial charge in [-0.1, -0.05) is 18.2 Å². The standard InChI is InChI=1S/C12H15NO/c1-2-9-6-7-14-12(9)10(3-1)8-13-11-4-5-11/h1-3,11,13H,4-8H2. The zero-order valence-electron chi connectivity index (χ0n) is 8.25. The molecule has 1 N–H and O–H groups in total. The highest BCUT2D eigenvalue weighted by molar-refractivity contribution is 5.43. The van der Waals surface area contributed by atoms with Crippen LogP contribution in [0.15, 0.2) is 18.2 Å². The fourth-order valence-electron chi connectivity index (χ4n) is 1.96. The van der Waals surface area contributed by atoms with Gasteiger partial charge in [-0.25, -0.2) is 0 Å². The van der Waals surface area contributed by atoms with Crippen LogP contribution in [0, 0.1) is 0 Å². The lowest BCUT2D eigenvalue weighted by Crippen LogP contribution is -2.15. The highest BCUT2D eigenvalue weighted by atomic mass is 16.5. The van der Waals surface area contributed by atoms with Gasteiger partial charge in [0, 0.05) is 24.6 Å². The molecule has 0 saturated heterocycles. The Morgan fingerprint density at radius 3 is 3.14 bits per heavy atom. The van der Waals surface area contributed by atoms with Crippen LogP contribution in [-0.4, -0.2) is 12.6 Å². The molecule has 0 atom stereocenters. The predicted molar refractivity (Wildman–Crippen MR) is 55.5 cm³/mol. The average Bonchev–Trinajstić information content (AvgIpc) is 2.91. The van der Waals surface area contributed by atoms with E-state index in [4.69, 9.17) is 4.74 Å². The molecule has 1 aliphatic carbocycles. The summed E-state index contributed by atoms with van der Waals surface area (Å²) in [5, 5.41) is 3.52. The van der Waals surface area contributed by atoms with Crippen molar-refractivity contribution in [1.29, 1.82) is 0 Å². The second-order valence-electron chi connectivity index (χ2n) is 4.16. The van der Waals surface area contributed by atoms with Gasteiger partial charge < -0.3 is 10.1 Å². The van der Waals surface area contributed by atoms with Crippen molar-refractivity contribution in [3.05, 3.63) is 29.3 Å². The molecule has 1 aliphatic heterocycles. The molecule has 1 saturated carbocycles. The molecule has 0 radical (unpaired) electrons. The third kappa shape index (κ3) is 1.50. The molecule has 2 aliphatic rings. The molecular weight excluding hydrogens is 174 g/mol. The van der Waals surface area contributed by atoms with Crippen molar-refractivity contribution in [3.8, 4) is 5.75 Å². The van der Waals surface area contributed by atoms with Gasteiger partial charge in [0.15, 0.2) is 0 Å². The van der Waals surface area contributed by atoms with Gasteiger partial charge in [-0.05, 0) is 18.4 Å². The number of hydrogen-bond donors (Lipinski definition) is 1. The molecule has 2 nitrogen and oxygen atoms in total. The molecule has 2 heteroatoms. The van der Waals surface area contributed by atoms with Crippen LogP contribution in [0.3, 0.4) is 0 Å². The lowest BCUT2D eigenvalue weighted by atomic mass is 10.1. The summed E-state index contributed by atoms with van der Waals surface area (Å²) >= 11 is 0. The number of para-hydroxylation sites is 1. The van der Waals surface area contributed by atoms with E-state index in [1.54, 1.807) is 0 Å². The van der Waals surface area contributed by atoms with E-state index in [1.165, 1.54) is 24.0 Å². The molecule has 1 fully saturated rings. The Kier molecular flexibility index (Phi) is 1.95. The second-order valence-corrected chi connectivity index (χ2v) is 4.16. The van der Waals surface area contributed by atoms with Crippen molar-refractivity contribution in [2.45, 2.75) is 31.8 Å². The molecule has 0 spiro atoms. The van der Waals surface area contributed by atoms with Crippen molar-refractivity contribution >= 4 is 0 Å². The van der Waals surface area contributed by atoms with E-state index in [2.05, 4.69) is 23.5 Å². The maximum absolute atomic E-state index is 5.64. The quantitative estimate of drug-likeness (QED) is 0.783. The topological polar surface area (TPSA) is 21.3 Å². The largest absolute Gasteiger partial charge is 0.493 e. The summed E-state index contributed by atoms with van der Waals surface area (Å²) in [6, 6.07) is 7.24. The summed E-state index contributed by atoms with van der Waals surface area (Å²) in [5.41, 5.74) is 2.70. The number of benzene rings is 1. The first-order valence-corrected chi connectivity index (χ1v) is 5.40. The van der Waals surface area contributed by atoms with Gasteiger partial charge in [0.1, 0.15) is 5.75 Å². The molecular formula is C12H15NO. The maximum atomic E-state index is 5.64. The van der Waals surface area contributed by atoms with Crippen LogP contribution < -0.4 is 10.1 Å². The van der Waals surface area contributed by atoms with E-state index < -0.39 is 0 Å². The summed E-state index contributed by atoms with van der Waals surface area (Å²) in [6.07, 6.45) is 3.76. The normalized spacial score (nSPS) is 19.1. The van der Waals surface area contributed by atoms with Crippen molar-refractivity contribution in [2.75, 3.05) is 6.61 Å². The van der Waals surface area contributed by atoms with E-state index in [-0.39, 0.29) is 0 Å². The van der Waals surface area contributed by atoms with Gasteiger partial charge in [-0.2, -0.15) is 0 Å². The first kappa shape index (κ1) is 8.30. The SMILES string of the molecule is c1cc2c(c(CNC3CC3)c1)OCC2. The molecule has 3 rings (SSSR count). The number of rotatable bonds is 3. The highest BCUT2D eigenvalue weighted by Gasteiger charge is 2.22. The molecule has 1 aromatic carbocycles. The second kappa shape index (κ2) is 3.28. The molecule has 1 aromatic rings. The monoisotopic (exact) mass is 189 g/mol. The van der Waals surface area contributed by atoms with Gasteiger partial charge in [0.2, 0.25) is 0 Å². The molecule has 14 heavy (non-hydrogen) atoms. The van der Waals surface area contributed by atoms with Crippen LogP contribution in [0.25, 0.3) is 0 Å². The fraction of sp³-hybridized carbons (Fsp3) is 0.500. The minimum atomic E-state index is 0.771. The van der Waals surface area contributed by atoms with Crippen LogP contribution in [0.5, 0.6) is 5.75 Å². The minimum absolute atomic E-state index is 0.771. The molecule has 0 bridgehead atoms. The van der Waals surface area contributed by atoms with Crippen LogP contribution in [0.4, 0.5) is 0 Å². The molecule has 1 heterocycles. The summed E-state index contributed by atoms with van der Waals surface area (Å²) in [6.45, 7) is 1.82. The van der Waals surface area contributed by atoms with Gasteiger partial charge in [-0.15, -0.1) is 0 Å². The maximum Gasteiger partial charge on any atom is 0.127 e. The van der Waals surface area contributed by atoms with Gasteiger partial charge >= 0.3 is 0 Å². The lowest BCUT2D eigenvalue weighted by molar-refractivity contribution is 0.352. The number of hydrogen-bond acceptors (Lipinski definition) is 2. The van der Waals surface area contributed by atoms with Gasteiger partial charge in [0.05, 0.1) is 6.61 Å². The molecule has 74 valence electrons. The number of ether oxygens (including phenoxy) is 1. The summed E-state index contributed by atoms with van der Waals surface area (Å²) < 4.78 is 5.64. The third-order valence-corrected chi connectivity index (χ3v) is 2.95. The van der Waals surface area contributed by atoms with Gasteiger partial charge in [-0.3, -0.25) is 0 Å². The third-order valence-electron chi connectivity index (χ3n) is 2.95. The minimum Gasteiger partial charge on any atom is -0.493 e. The summed E-state index contributed by atoms with van der Waals surface area (Å²) in [7, 11) is 0. The Morgan fingerprint density at radius 1 is 1.36 bits per heavy atom. The van der Waals surface area contributed by atoms with Crippen molar-refractivity contribution in [3.63, 3.8) is 0 Å². The number of fused-ring (bicyclic) bond motifs is 1. The smallest absolute Gasteiger partial charge is 0.127 e. The summed E-state index contributed by atoms with van der Waals surface area (Å²) in [5.74, 6) is 1.14. The van der Waals surface area contributed by atoms with E-state index in [0.717, 1.165) is 31.4 Å². The molecule has 0 unspecified atom stereocenters. The predicted octanol–water partition coefficient (Wildman–Crippen LogP) is 1.87. The van der Waals surface area contributed by atoms with E-state index in [9.17, 15) is 0 Å². The Morgan fingerprint density at radius 2 is 2.29 bits per heavy atom. The van der Waals surface area contributed by atoms with Gasteiger partial charge in [0.25, 0.3) is 0 Å². The first-order valence-electron chi connectivity index (χ1n) is 5.40. The van der Waals surface area contributed by atoms with E-state index in [1.807, 2.05) is 0 Å². The van der Waals surface area contributed by atoms with Crippen molar-refractivity contribution in [2.24, 2.45) is 0 Å². The van der Waals surface area contributed by atoms with E-state index in [0.29, 0.717) is 0 Å². The van der Waals surface area contributed by atoms with Crippen molar-refractivity contribution in [1.82, 2.24) is 5.32 Å². The van der Waals surface area contributed by atoms with Crippen LogP contribution >= 0.6 is 0 Å². The van der Waals surface area contributed by atoms with Crippen LogP contribution in [0.1, 0.15) is 24.0 Å². The van der Waals surface area contributed by atoms with E-state index >= 15 is 0 Å². The average molecular weight is 189 g/mol. The molecule has 0 aromatic heterocycles. The van der Waals surface area contributed by atoms with Crippen LogP contribution in [-0.2, 0) is 13.0 Å². The highest BCUT2D eigenvalue weighted by Crippen LogP contribution is 2.30. The first-order chi connectivity index (χ1) is 6.93. The Bertz CT molecular complexity index is 344. The Hall–Kier alpha value is -1.02.